The van der Waals surface area contributed by atoms with Crippen molar-refractivity contribution in [3.05, 3.63) is 59.0 Å². The van der Waals surface area contributed by atoms with Crippen LogP contribution in [0.5, 0.6) is 5.88 Å². The van der Waals surface area contributed by atoms with Gasteiger partial charge in [-0.3, -0.25) is 9.69 Å². The van der Waals surface area contributed by atoms with Crippen LogP contribution in [-0.2, 0) is 17.6 Å². The van der Waals surface area contributed by atoms with Gasteiger partial charge in [-0.1, -0.05) is 6.07 Å². The molecule has 144 valence electrons. The molecular formula is C21H21FN4O2. The third-order valence-electron chi connectivity index (χ3n) is 5.70. The van der Waals surface area contributed by atoms with Crippen LogP contribution in [0.15, 0.2) is 36.5 Å². The number of rotatable bonds is 4. The lowest BCUT2D eigenvalue weighted by atomic mass is 9.83. The molecule has 1 aliphatic heterocycles. The molecule has 0 bridgehead atoms. The van der Waals surface area contributed by atoms with Crippen molar-refractivity contribution in [3.8, 4) is 5.88 Å². The number of methoxy groups -OCH3 is 1. The second kappa shape index (κ2) is 6.74. The summed E-state index contributed by atoms with van der Waals surface area (Å²) in [6, 6.07) is 8.26. The Morgan fingerprint density at radius 1 is 1.32 bits per heavy atom. The van der Waals surface area contributed by atoms with Crippen molar-refractivity contribution in [2.75, 3.05) is 18.6 Å². The van der Waals surface area contributed by atoms with Crippen molar-refractivity contribution in [1.82, 2.24) is 4.98 Å². The van der Waals surface area contributed by atoms with E-state index in [9.17, 15) is 9.18 Å². The second-order valence-electron chi connectivity index (χ2n) is 7.25. The molecule has 1 fully saturated rings. The molecule has 6 nitrogen and oxygen atoms in total. The number of allylic oxidation sites excluding steroid dienone is 1. The number of benzene rings is 1. The Bertz CT molecular complexity index is 1000. The first-order valence-corrected chi connectivity index (χ1v) is 9.08. The number of anilines is 1. The van der Waals surface area contributed by atoms with Gasteiger partial charge in [-0.25, -0.2) is 4.39 Å². The van der Waals surface area contributed by atoms with Gasteiger partial charge < -0.3 is 15.9 Å². The molecule has 2 aromatic rings. The molecule has 4 rings (SSSR count). The summed E-state index contributed by atoms with van der Waals surface area (Å²) in [5.41, 5.74) is 8.07. The Hall–Kier alpha value is -3.22. The lowest BCUT2D eigenvalue weighted by molar-refractivity contribution is -0.125. The van der Waals surface area contributed by atoms with E-state index in [2.05, 4.69) is 4.98 Å². The topological polar surface area (TPSA) is 92.3 Å². The van der Waals surface area contributed by atoms with Crippen LogP contribution in [0.25, 0.3) is 5.57 Å². The number of amides is 1. The maximum Gasteiger partial charge on any atom is 0.235 e. The van der Waals surface area contributed by atoms with Crippen LogP contribution >= 0.6 is 0 Å². The van der Waals surface area contributed by atoms with Crippen LogP contribution in [0.1, 0.15) is 23.1 Å². The maximum absolute atomic E-state index is 13.6. The zero-order chi connectivity index (χ0) is 19.9. The van der Waals surface area contributed by atoms with Gasteiger partial charge in [0.25, 0.3) is 0 Å². The number of pyridine rings is 1. The number of nitrogens with two attached hydrogens (primary N) is 1. The summed E-state index contributed by atoms with van der Waals surface area (Å²) in [6.07, 6.45) is 4.32. The standard InChI is InChI=1S/C21H21FN4O2/c1-28-19-17(15(11-23)12-24)4-5-18(25-19)26-7-6-21(20(26)27)9-13-2-3-16(22)8-14(13)10-21/h2-5,8,11-12,23H,6-7,9-10,24H2,1H3/b15-12+,23-11?. The Balaban J connectivity index is 1.64. The Kier molecular flexibility index (Phi) is 4.37. The highest BCUT2D eigenvalue weighted by Crippen LogP contribution is 2.46. The number of halogens is 1. The van der Waals surface area contributed by atoms with Crippen LogP contribution in [0.3, 0.4) is 0 Å². The summed E-state index contributed by atoms with van der Waals surface area (Å²) >= 11 is 0. The number of hydrogen-bond acceptors (Lipinski definition) is 5. The van der Waals surface area contributed by atoms with Crippen molar-refractivity contribution in [2.45, 2.75) is 19.3 Å². The quantitative estimate of drug-likeness (QED) is 0.798. The van der Waals surface area contributed by atoms with E-state index in [0.29, 0.717) is 48.6 Å². The first kappa shape index (κ1) is 18.2. The lowest BCUT2D eigenvalue weighted by Crippen LogP contribution is -2.35. The smallest absolute Gasteiger partial charge is 0.235 e. The number of nitrogens with one attached hydrogen (secondary N) is 1. The van der Waals surface area contributed by atoms with Crippen LogP contribution in [0.2, 0.25) is 0 Å². The largest absolute Gasteiger partial charge is 0.480 e. The van der Waals surface area contributed by atoms with E-state index in [-0.39, 0.29) is 11.7 Å². The normalized spacial score (nSPS) is 21.3. The molecule has 1 saturated heterocycles. The van der Waals surface area contributed by atoms with Gasteiger partial charge in [0, 0.05) is 30.1 Å². The Morgan fingerprint density at radius 3 is 2.82 bits per heavy atom. The second-order valence-corrected chi connectivity index (χ2v) is 7.25. The van der Waals surface area contributed by atoms with E-state index in [0.717, 1.165) is 17.3 Å². The molecule has 1 atom stereocenters. The zero-order valence-corrected chi connectivity index (χ0v) is 15.5. The zero-order valence-electron chi connectivity index (χ0n) is 15.5. The molecule has 1 spiro atoms. The van der Waals surface area contributed by atoms with Gasteiger partial charge in [0.1, 0.15) is 11.6 Å². The summed E-state index contributed by atoms with van der Waals surface area (Å²) in [7, 11) is 1.49. The van der Waals surface area contributed by atoms with Crippen molar-refractivity contribution in [2.24, 2.45) is 11.1 Å². The molecule has 0 saturated carbocycles. The molecule has 3 N–H and O–H groups in total. The van der Waals surface area contributed by atoms with Gasteiger partial charge in [-0.05, 0) is 54.7 Å². The van der Waals surface area contributed by atoms with Crippen molar-refractivity contribution in [3.63, 3.8) is 0 Å². The average molecular weight is 380 g/mol. The van der Waals surface area contributed by atoms with E-state index in [4.69, 9.17) is 15.9 Å². The summed E-state index contributed by atoms with van der Waals surface area (Å²) in [6.45, 7) is 0.551. The van der Waals surface area contributed by atoms with E-state index in [1.54, 1.807) is 23.1 Å². The molecule has 0 radical (unpaired) electrons. The fourth-order valence-electron chi connectivity index (χ4n) is 4.26. The van der Waals surface area contributed by atoms with Gasteiger partial charge >= 0.3 is 0 Å². The fourth-order valence-corrected chi connectivity index (χ4v) is 4.26. The van der Waals surface area contributed by atoms with Crippen LogP contribution < -0.4 is 15.4 Å². The number of fused-ring (bicyclic) bond motifs is 1. The number of hydrogen-bond donors (Lipinski definition) is 2. The first-order valence-electron chi connectivity index (χ1n) is 9.08. The molecule has 1 amide bonds. The van der Waals surface area contributed by atoms with E-state index < -0.39 is 5.41 Å². The average Bonchev–Trinajstić information content (AvgIpc) is 3.22. The van der Waals surface area contributed by atoms with Gasteiger partial charge in [-0.2, -0.15) is 4.98 Å². The molecular weight excluding hydrogens is 359 g/mol. The monoisotopic (exact) mass is 380 g/mol. The van der Waals surface area contributed by atoms with Gasteiger partial charge in [0.2, 0.25) is 11.8 Å². The van der Waals surface area contributed by atoms with E-state index in [1.807, 2.05) is 0 Å². The number of nitrogens with zero attached hydrogens (tertiary/aromatic N) is 2. The van der Waals surface area contributed by atoms with Gasteiger partial charge in [-0.15, -0.1) is 0 Å². The molecule has 2 aliphatic rings. The highest BCUT2D eigenvalue weighted by atomic mass is 19.1. The van der Waals surface area contributed by atoms with Crippen molar-refractivity contribution < 1.29 is 13.9 Å². The molecule has 1 aliphatic carbocycles. The van der Waals surface area contributed by atoms with Crippen molar-refractivity contribution in [1.29, 1.82) is 5.41 Å². The third-order valence-corrected chi connectivity index (χ3v) is 5.70. The summed E-state index contributed by atoms with van der Waals surface area (Å²) in [5.74, 6) is 0.553. The number of carbonyl (C=O) groups excluding carboxylic acids is 1. The van der Waals surface area contributed by atoms with Gasteiger partial charge in [0.15, 0.2) is 0 Å². The predicted molar refractivity (Wildman–Crippen MR) is 105 cm³/mol. The highest BCUT2D eigenvalue weighted by molar-refractivity contribution is 6.09. The third kappa shape index (κ3) is 2.74. The maximum atomic E-state index is 13.6. The minimum atomic E-state index is -0.527. The van der Waals surface area contributed by atoms with E-state index in [1.165, 1.54) is 25.4 Å². The molecule has 7 heteroatoms. The Morgan fingerprint density at radius 2 is 2.11 bits per heavy atom. The summed E-state index contributed by atoms with van der Waals surface area (Å²) in [5, 5.41) is 7.46. The fraction of sp³-hybridized carbons (Fsp3) is 0.286. The van der Waals surface area contributed by atoms with Gasteiger partial charge in [0.05, 0.1) is 12.5 Å². The summed E-state index contributed by atoms with van der Waals surface area (Å²) in [4.78, 5) is 19.5. The molecule has 2 heterocycles. The summed E-state index contributed by atoms with van der Waals surface area (Å²) < 4.78 is 18.9. The van der Waals surface area contributed by atoms with Crippen LogP contribution in [0, 0.1) is 16.6 Å². The number of aromatic nitrogens is 1. The lowest BCUT2D eigenvalue weighted by Gasteiger charge is -2.22. The molecule has 28 heavy (non-hydrogen) atoms. The van der Waals surface area contributed by atoms with Crippen molar-refractivity contribution >= 4 is 23.5 Å². The SMILES string of the molecule is COc1nc(N2CCC3(Cc4ccc(F)cc4C3)C2=O)ccc1/C(C=N)=C/N. The van der Waals surface area contributed by atoms with Crippen LogP contribution in [-0.4, -0.2) is 30.8 Å². The first-order chi connectivity index (χ1) is 13.5. The minimum absolute atomic E-state index is 0.00746. The molecule has 1 unspecified atom stereocenters. The van der Waals surface area contributed by atoms with E-state index >= 15 is 0 Å². The number of ether oxygens (including phenoxy) is 1. The van der Waals surface area contributed by atoms with Crippen LogP contribution in [0.4, 0.5) is 10.2 Å². The highest BCUT2D eigenvalue weighted by Gasteiger charge is 2.50. The minimum Gasteiger partial charge on any atom is -0.480 e. The molecule has 1 aromatic heterocycles. The predicted octanol–water partition coefficient (Wildman–Crippen LogP) is 2.70. The Labute approximate surface area is 162 Å². The number of carbonyl (C=O) groups is 1. The molecule has 1 aromatic carbocycles.